The number of hydrogen-bond acceptors (Lipinski definition) is 6. The van der Waals surface area contributed by atoms with E-state index in [9.17, 15) is 9.90 Å². The fourth-order valence-electron chi connectivity index (χ4n) is 5.47. The summed E-state index contributed by atoms with van der Waals surface area (Å²) in [6.45, 7) is 2.73. The molecule has 0 saturated carbocycles. The van der Waals surface area contributed by atoms with Crippen LogP contribution >= 0.6 is 11.6 Å². The van der Waals surface area contributed by atoms with Crippen molar-refractivity contribution < 1.29 is 32.9 Å². The third kappa shape index (κ3) is 4.86. The Labute approximate surface area is 249 Å². The van der Waals surface area contributed by atoms with E-state index in [-0.39, 0.29) is 29.2 Å². The second kappa shape index (κ2) is 10.3. The highest BCUT2D eigenvalue weighted by Gasteiger charge is 2.41. The summed E-state index contributed by atoms with van der Waals surface area (Å²) in [7, 11) is 0. The van der Waals surface area contributed by atoms with Gasteiger partial charge in [-0.05, 0) is 60.5 Å². The van der Waals surface area contributed by atoms with Crippen molar-refractivity contribution in [3.8, 4) is 22.6 Å². The molecule has 0 radical (unpaired) electrons. The van der Waals surface area contributed by atoms with Gasteiger partial charge in [0.2, 0.25) is 0 Å². The van der Waals surface area contributed by atoms with E-state index >= 15 is 8.78 Å². The Morgan fingerprint density at radius 1 is 1.12 bits per heavy atom. The Morgan fingerprint density at radius 3 is 2.58 bits per heavy atom. The first-order chi connectivity index (χ1) is 20.7. The van der Waals surface area contributed by atoms with Crippen LogP contribution in [0.25, 0.3) is 22.2 Å². The van der Waals surface area contributed by atoms with Crippen molar-refractivity contribution in [2.24, 2.45) is 0 Å². The second-order valence-electron chi connectivity index (χ2n) is 10.7. The number of carboxylic acids is 1. The zero-order chi connectivity index (χ0) is 29.9. The minimum Gasteiger partial charge on any atom is -0.478 e. The van der Waals surface area contributed by atoms with Gasteiger partial charge in [0.1, 0.15) is 23.2 Å². The molecule has 1 fully saturated rings. The minimum atomic E-state index is -1.26. The Hall–Kier alpha value is -4.54. The lowest BCUT2D eigenvalue weighted by molar-refractivity contribution is -0.0715. The van der Waals surface area contributed by atoms with E-state index in [1.54, 1.807) is 47.9 Å². The first-order valence-electron chi connectivity index (χ1n) is 13.6. The summed E-state index contributed by atoms with van der Waals surface area (Å²) >= 11 is 5.98. The van der Waals surface area contributed by atoms with E-state index in [4.69, 9.17) is 25.8 Å². The number of carbonyl (C=O) groups is 1. The predicted molar refractivity (Wildman–Crippen MR) is 154 cm³/mol. The molecule has 11 heteroatoms. The summed E-state index contributed by atoms with van der Waals surface area (Å²) in [4.78, 5) is 20.5. The van der Waals surface area contributed by atoms with Gasteiger partial charge in [-0.15, -0.1) is 0 Å². The van der Waals surface area contributed by atoms with E-state index in [1.165, 1.54) is 30.5 Å². The van der Waals surface area contributed by atoms with Gasteiger partial charge in [-0.2, -0.15) is 0 Å². The topological polar surface area (TPSA) is 95.7 Å². The highest BCUT2D eigenvalue weighted by atomic mass is 35.5. The molecular weight excluding hydrogens is 580 g/mol. The average Bonchev–Trinajstić information content (AvgIpc) is 3.49. The maximum Gasteiger partial charge on any atom is 0.335 e. The lowest BCUT2D eigenvalue weighted by Crippen LogP contribution is -2.32. The Balaban J connectivity index is 1.23. The van der Waals surface area contributed by atoms with Crippen molar-refractivity contribution in [3.63, 3.8) is 0 Å². The molecule has 2 aromatic heterocycles. The Kier molecular flexibility index (Phi) is 6.55. The number of imidazole rings is 1. The molecule has 8 nitrogen and oxygen atoms in total. The molecule has 7 rings (SSSR count). The summed E-state index contributed by atoms with van der Waals surface area (Å²) < 4.78 is 51.1. The monoisotopic (exact) mass is 603 g/mol. The highest BCUT2D eigenvalue weighted by Crippen LogP contribution is 2.49. The van der Waals surface area contributed by atoms with Crippen LogP contribution in [-0.2, 0) is 23.5 Å². The van der Waals surface area contributed by atoms with Crippen LogP contribution in [0.1, 0.15) is 40.8 Å². The number of aromatic carboxylic acids is 1. The predicted octanol–water partition coefficient (Wildman–Crippen LogP) is 6.75. The van der Waals surface area contributed by atoms with Crippen molar-refractivity contribution in [2.75, 3.05) is 6.61 Å². The van der Waals surface area contributed by atoms with Crippen LogP contribution in [0.2, 0.25) is 5.02 Å². The van der Waals surface area contributed by atoms with E-state index in [0.29, 0.717) is 57.8 Å². The SMILES string of the molecule is CC1(c2ccc(Cl)cn2)Oc2cccc(-c3cc(F)c(Cc4nc5ccc(C(=O)O)cc5n4CC4CCO4)c(F)c3)c2O1. The van der Waals surface area contributed by atoms with Crippen LogP contribution in [0.3, 0.4) is 0 Å². The number of rotatable bonds is 7. The molecule has 0 bridgehead atoms. The molecular formula is C32H24ClF2N3O5. The number of hydrogen-bond donors (Lipinski definition) is 1. The molecule has 0 spiro atoms. The van der Waals surface area contributed by atoms with E-state index in [0.717, 1.165) is 6.42 Å². The number of ether oxygens (including phenoxy) is 3. The number of pyridine rings is 1. The van der Waals surface area contributed by atoms with Gasteiger partial charge in [0.25, 0.3) is 5.79 Å². The molecule has 2 atom stereocenters. The van der Waals surface area contributed by atoms with Crippen molar-refractivity contribution >= 4 is 28.6 Å². The molecule has 3 aromatic carbocycles. The normalized spacial score (nSPS) is 19.0. The van der Waals surface area contributed by atoms with Crippen LogP contribution in [0, 0.1) is 11.6 Å². The minimum absolute atomic E-state index is 0.0853. The number of carboxylic acid groups (broad SMARTS) is 1. The molecule has 2 aliphatic heterocycles. The zero-order valence-corrected chi connectivity index (χ0v) is 23.6. The van der Waals surface area contributed by atoms with Gasteiger partial charge < -0.3 is 23.9 Å². The summed E-state index contributed by atoms with van der Waals surface area (Å²) in [5.41, 5.74) is 2.25. The molecule has 2 unspecified atom stereocenters. The lowest BCUT2D eigenvalue weighted by Gasteiger charge is -2.27. The van der Waals surface area contributed by atoms with Crippen LogP contribution in [-0.4, -0.2) is 38.3 Å². The number of aromatic nitrogens is 3. The van der Waals surface area contributed by atoms with Crippen LogP contribution in [0.4, 0.5) is 8.78 Å². The van der Waals surface area contributed by atoms with Crippen molar-refractivity contribution in [1.82, 2.24) is 14.5 Å². The van der Waals surface area contributed by atoms with Crippen molar-refractivity contribution in [1.29, 1.82) is 0 Å². The third-order valence-corrected chi connectivity index (χ3v) is 8.04. The molecule has 5 aromatic rings. The zero-order valence-electron chi connectivity index (χ0n) is 22.8. The van der Waals surface area contributed by atoms with Gasteiger partial charge in [0.15, 0.2) is 11.5 Å². The summed E-state index contributed by atoms with van der Waals surface area (Å²) in [5.74, 6) is -2.68. The van der Waals surface area contributed by atoms with Crippen molar-refractivity contribution in [3.05, 3.63) is 106 Å². The van der Waals surface area contributed by atoms with Gasteiger partial charge >= 0.3 is 5.97 Å². The van der Waals surface area contributed by atoms with Gasteiger partial charge in [0.05, 0.1) is 34.3 Å². The number of halogens is 3. The number of fused-ring (bicyclic) bond motifs is 2. The molecule has 2 aliphatic rings. The quantitative estimate of drug-likeness (QED) is 0.220. The van der Waals surface area contributed by atoms with Gasteiger partial charge in [-0.1, -0.05) is 23.7 Å². The van der Waals surface area contributed by atoms with Crippen LogP contribution in [0.5, 0.6) is 11.5 Å². The molecule has 1 N–H and O–H groups in total. The van der Waals surface area contributed by atoms with Gasteiger partial charge in [-0.25, -0.2) is 18.6 Å². The van der Waals surface area contributed by atoms with Crippen LogP contribution < -0.4 is 9.47 Å². The van der Waals surface area contributed by atoms with E-state index < -0.39 is 23.4 Å². The highest BCUT2D eigenvalue weighted by molar-refractivity contribution is 6.30. The third-order valence-electron chi connectivity index (χ3n) is 7.81. The van der Waals surface area contributed by atoms with Gasteiger partial charge in [-0.3, -0.25) is 4.98 Å². The van der Waals surface area contributed by atoms with Crippen LogP contribution in [0.15, 0.2) is 66.9 Å². The summed E-state index contributed by atoms with van der Waals surface area (Å²) in [5, 5.41) is 9.95. The molecule has 4 heterocycles. The number of benzene rings is 3. The fraction of sp³-hybridized carbons (Fsp3) is 0.219. The maximum atomic E-state index is 15.7. The second-order valence-corrected chi connectivity index (χ2v) is 11.1. The first kappa shape index (κ1) is 27.3. The molecule has 43 heavy (non-hydrogen) atoms. The molecule has 1 saturated heterocycles. The lowest BCUT2D eigenvalue weighted by atomic mass is 10.00. The fourth-order valence-corrected chi connectivity index (χ4v) is 5.58. The van der Waals surface area contributed by atoms with Gasteiger partial charge in [0, 0.05) is 37.3 Å². The smallest absolute Gasteiger partial charge is 0.335 e. The number of para-hydroxylation sites is 1. The van der Waals surface area contributed by atoms with Crippen molar-refractivity contribution in [2.45, 2.75) is 38.2 Å². The molecule has 218 valence electrons. The maximum absolute atomic E-state index is 15.7. The molecule has 0 aliphatic carbocycles. The van der Waals surface area contributed by atoms with E-state index in [1.807, 2.05) is 0 Å². The Bertz CT molecular complexity index is 1880. The Morgan fingerprint density at radius 2 is 1.91 bits per heavy atom. The van der Waals surface area contributed by atoms with E-state index in [2.05, 4.69) is 9.97 Å². The average molecular weight is 604 g/mol. The number of nitrogens with zero attached hydrogens (tertiary/aromatic N) is 3. The largest absolute Gasteiger partial charge is 0.478 e. The summed E-state index contributed by atoms with van der Waals surface area (Å²) in [6, 6.07) is 15.6. The standard InChI is InChI=1S/C32H24ClF2N3O5/c1-32(28-8-6-19(33)15-36-28)42-27-4-2-3-21(30(27)43-32)18-11-23(34)22(24(35)12-18)14-29-37-25-7-5-17(31(39)40)13-26(25)38(29)16-20-9-10-41-20/h2-8,11-13,15,20H,9-10,14,16H2,1H3,(H,39,40). The summed E-state index contributed by atoms with van der Waals surface area (Å²) in [6.07, 6.45) is 2.09. The molecule has 0 amide bonds. The first-order valence-corrected chi connectivity index (χ1v) is 14.0.